The highest BCUT2D eigenvalue weighted by Gasteiger charge is 2.24. The van der Waals surface area contributed by atoms with Crippen LogP contribution in [0.4, 0.5) is 17.1 Å². The lowest BCUT2D eigenvalue weighted by molar-refractivity contribution is -0.117. The van der Waals surface area contributed by atoms with Crippen molar-refractivity contribution >= 4 is 69.1 Å². The third-order valence-electron chi connectivity index (χ3n) is 5.63. The van der Waals surface area contributed by atoms with Gasteiger partial charge in [-0.1, -0.05) is 59.6 Å². The molecule has 0 saturated heterocycles. The van der Waals surface area contributed by atoms with Crippen LogP contribution in [0.1, 0.15) is 29.0 Å². The van der Waals surface area contributed by atoms with Gasteiger partial charge in [-0.05, 0) is 53.1 Å². The fourth-order valence-electron chi connectivity index (χ4n) is 3.97. The van der Waals surface area contributed by atoms with Gasteiger partial charge in [-0.15, -0.1) is 11.3 Å². The van der Waals surface area contributed by atoms with Crippen molar-refractivity contribution in [2.75, 3.05) is 10.6 Å². The van der Waals surface area contributed by atoms with E-state index in [0.717, 1.165) is 22.4 Å². The summed E-state index contributed by atoms with van der Waals surface area (Å²) in [6.45, 7) is 0. The normalized spacial score (nSPS) is 13.0. The van der Waals surface area contributed by atoms with E-state index in [9.17, 15) is 9.59 Å². The molecule has 0 unspecified atom stereocenters. The fourth-order valence-corrected chi connectivity index (χ4v) is 4.91. The Hall–Kier alpha value is -3.45. The summed E-state index contributed by atoms with van der Waals surface area (Å²) in [5.74, 6) is -0.893. The number of nitrogens with one attached hydrogen (secondary N) is 2. The van der Waals surface area contributed by atoms with Crippen LogP contribution < -0.4 is 10.6 Å². The number of carbonyl (C=O) groups is 2. The maximum absolute atomic E-state index is 13.5. The monoisotopic (exact) mass is 519 g/mol. The first kappa shape index (κ1) is 23.3. The molecule has 2 amide bonds. The van der Waals surface area contributed by atoms with Gasteiger partial charge in [0.2, 0.25) is 11.8 Å². The van der Waals surface area contributed by atoms with E-state index >= 15 is 0 Å². The predicted octanol–water partition coefficient (Wildman–Crippen LogP) is 7.29. The van der Waals surface area contributed by atoms with Crippen molar-refractivity contribution in [3.8, 4) is 0 Å². The minimum atomic E-state index is -0.567. The Labute approximate surface area is 216 Å². The second-order valence-corrected chi connectivity index (χ2v) is 9.68. The molecular formula is C27H19Cl2N3O2S. The molecule has 5 rings (SSSR count). The summed E-state index contributed by atoms with van der Waals surface area (Å²) in [7, 11) is 0. The van der Waals surface area contributed by atoms with E-state index in [1.165, 1.54) is 11.3 Å². The summed E-state index contributed by atoms with van der Waals surface area (Å²) in [5.41, 5.74) is 5.08. The summed E-state index contributed by atoms with van der Waals surface area (Å²) < 4.78 is 0. The lowest BCUT2D eigenvalue weighted by Gasteiger charge is -2.18. The smallest absolute Gasteiger partial charge is 0.236 e. The van der Waals surface area contributed by atoms with Crippen molar-refractivity contribution in [2.24, 2.45) is 4.99 Å². The van der Waals surface area contributed by atoms with E-state index < -0.39 is 5.92 Å². The molecule has 4 aromatic rings. The summed E-state index contributed by atoms with van der Waals surface area (Å²) in [6, 6.07) is 21.8. The SMILES string of the molecule is O=C1CC(c2cccc(NC(=O)C(c3ccc(Cl)cc3)c3ccc(Cl)cc3)c2)=Nc2cscc2N1. The van der Waals surface area contributed by atoms with Gasteiger partial charge in [-0.2, -0.15) is 0 Å². The van der Waals surface area contributed by atoms with E-state index in [4.69, 9.17) is 28.2 Å². The number of aliphatic imine (C=N–C) groups is 1. The van der Waals surface area contributed by atoms with Crippen molar-refractivity contribution in [3.63, 3.8) is 0 Å². The highest BCUT2D eigenvalue weighted by Crippen LogP contribution is 2.33. The van der Waals surface area contributed by atoms with Crippen LogP contribution in [-0.2, 0) is 9.59 Å². The molecule has 3 aromatic carbocycles. The van der Waals surface area contributed by atoms with E-state index in [-0.39, 0.29) is 18.2 Å². The van der Waals surface area contributed by atoms with Gasteiger partial charge in [-0.3, -0.25) is 9.59 Å². The molecule has 1 aliphatic rings. The summed E-state index contributed by atoms with van der Waals surface area (Å²) in [4.78, 5) is 30.6. The molecule has 2 N–H and O–H groups in total. The molecule has 5 nitrogen and oxygen atoms in total. The highest BCUT2D eigenvalue weighted by molar-refractivity contribution is 7.09. The number of hydrogen-bond donors (Lipinski definition) is 2. The van der Waals surface area contributed by atoms with Gasteiger partial charge in [0.15, 0.2) is 0 Å². The molecular weight excluding hydrogens is 501 g/mol. The zero-order chi connectivity index (χ0) is 24.4. The number of thiophene rings is 1. The Balaban J connectivity index is 1.45. The van der Waals surface area contributed by atoms with Gasteiger partial charge in [-0.25, -0.2) is 4.99 Å². The molecule has 1 aliphatic heterocycles. The third-order valence-corrected chi connectivity index (χ3v) is 6.87. The quantitative estimate of drug-likeness (QED) is 0.290. The van der Waals surface area contributed by atoms with Gasteiger partial charge >= 0.3 is 0 Å². The molecule has 2 heterocycles. The van der Waals surface area contributed by atoms with Gasteiger partial charge in [0, 0.05) is 26.5 Å². The summed E-state index contributed by atoms with van der Waals surface area (Å²) >= 11 is 13.6. The van der Waals surface area contributed by atoms with Crippen molar-refractivity contribution in [1.82, 2.24) is 0 Å². The number of halogens is 2. The number of rotatable bonds is 5. The van der Waals surface area contributed by atoms with Crippen molar-refractivity contribution < 1.29 is 9.59 Å². The Morgan fingerprint density at radius 1 is 0.943 bits per heavy atom. The first-order valence-corrected chi connectivity index (χ1v) is 12.5. The Morgan fingerprint density at radius 2 is 1.60 bits per heavy atom. The third kappa shape index (κ3) is 5.30. The molecule has 0 bridgehead atoms. The standard InChI is InChI=1S/C27H19Cl2N3O2S/c28-19-8-4-16(5-9-19)26(17-6-10-20(29)11-7-17)27(34)30-21-3-1-2-18(12-21)22-13-25(33)32-24-15-35-14-23(24)31-22/h1-12,14-15,26H,13H2,(H,30,34)(H,32,33). The second kappa shape index (κ2) is 10.0. The maximum atomic E-state index is 13.5. The molecule has 0 atom stereocenters. The van der Waals surface area contributed by atoms with Crippen molar-refractivity contribution in [3.05, 3.63) is 110 Å². The zero-order valence-corrected chi connectivity index (χ0v) is 20.6. The second-order valence-electron chi connectivity index (χ2n) is 8.06. The number of fused-ring (bicyclic) bond motifs is 1. The lowest BCUT2D eigenvalue weighted by Crippen LogP contribution is -2.22. The largest absolute Gasteiger partial charge is 0.325 e. The van der Waals surface area contributed by atoms with E-state index in [1.807, 2.05) is 59.3 Å². The minimum Gasteiger partial charge on any atom is -0.325 e. The van der Waals surface area contributed by atoms with Gasteiger partial charge in [0.05, 0.1) is 29.4 Å². The van der Waals surface area contributed by atoms with E-state index in [2.05, 4.69) is 10.6 Å². The summed E-state index contributed by atoms with van der Waals surface area (Å²) in [5, 5.41) is 10.9. The van der Waals surface area contributed by atoms with Crippen LogP contribution in [0.5, 0.6) is 0 Å². The minimum absolute atomic E-state index is 0.124. The Morgan fingerprint density at radius 3 is 2.26 bits per heavy atom. The number of amides is 2. The molecule has 0 aliphatic carbocycles. The number of anilines is 2. The molecule has 0 radical (unpaired) electrons. The van der Waals surface area contributed by atoms with E-state index in [0.29, 0.717) is 27.1 Å². The van der Waals surface area contributed by atoms with Crippen molar-refractivity contribution in [2.45, 2.75) is 12.3 Å². The van der Waals surface area contributed by atoms with Crippen LogP contribution in [0.15, 0.2) is 88.5 Å². The average molecular weight is 520 g/mol. The Kier molecular flexibility index (Phi) is 6.68. The maximum Gasteiger partial charge on any atom is 0.236 e. The van der Waals surface area contributed by atoms with Gasteiger partial charge < -0.3 is 10.6 Å². The number of hydrogen-bond acceptors (Lipinski definition) is 4. The lowest BCUT2D eigenvalue weighted by atomic mass is 9.90. The molecule has 174 valence electrons. The molecule has 8 heteroatoms. The van der Waals surface area contributed by atoms with Crippen LogP contribution in [0.25, 0.3) is 0 Å². The van der Waals surface area contributed by atoms with Crippen LogP contribution in [0, 0.1) is 0 Å². The molecule has 0 fully saturated rings. The molecule has 0 spiro atoms. The van der Waals surface area contributed by atoms with Gasteiger partial charge in [0.1, 0.15) is 0 Å². The first-order valence-electron chi connectivity index (χ1n) is 10.8. The summed E-state index contributed by atoms with van der Waals surface area (Å²) in [6.07, 6.45) is 0.148. The van der Waals surface area contributed by atoms with Crippen molar-refractivity contribution in [1.29, 1.82) is 0 Å². The van der Waals surface area contributed by atoms with Gasteiger partial charge in [0.25, 0.3) is 0 Å². The average Bonchev–Trinajstić information content (AvgIpc) is 3.20. The first-order chi connectivity index (χ1) is 17.0. The molecule has 0 saturated carbocycles. The molecule has 35 heavy (non-hydrogen) atoms. The van der Waals surface area contributed by atoms with Crippen LogP contribution in [0.2, 0.25) is 10.0 Å². The topological polar surface area (TPSA) is 70.6 Å². The van der Waals surface area contributed by atoms with Crippen LogP contribution in [0.3, 0.4) is 0 Å². The molecule has 1 aromatic heterocycles. The fraction of sp³-hybridized carbons (Fsp3) is 0.0741. The van der Waals surface area contributed by atoms with Crippen LogP contribution >= 0.6 is 34.5 Å². The number of nitrogens with zero attached hydrogens (tertiary/aromatic N) is 1. The van der Waals surface area contributed by atoms with E-state index in [1.54, 1.807) is 24.3 Å². The predicted molar refractivity (Wildman–Crippen MR) is 144 cm³/mol. The number of carbonyl (C=O) groups excluding carboxylic acids is 2. The Bertz CT molecular complexity index is 1380. The highest BCUT2D eigenvalue weighted by atomic mass is 35.5. The van der Waals surface area contributed by atoms with Crippen LogP contribution in [-0.4, -0.2) is 17.5 Å². The number of benzene rings is 3. The zero-order valence-electron chi connectivity index (χ0n) is 18.3.